The number of hydrogen-bond acceptors (Lipinski definition) is 5. The molecule has 0 saturated carbocycles. The molecule has 96 valence electrons. The van der Waals surface area contributed by atoms with Crippen LogP contribution in [0.15, 0.2) is 18.6 Å². The molecule has 1 atom stereocenters. The summed E-state index contributed by atoms with van der Waals surface area (Å²) < 4.78 is 3.33. The van der Waals surface area contributed by atoms with Crippen molar-refractivity contribution in [2.75, 3.05) is 0 Å². The molecule has 0 aliphatic rings. The summed E-state index contributed by atoms with van der Waals surface area (Å²) >= 11 is 0. The van der Waals surface area contributed by atoms with Gasteiger partial charge in [0, 0.05) is 31.4 Å². The van der Waals surface area contributed by atoms with Gasteiger partial charge in [-0.05, 0) is 0 Å². The van der Waals surface area contributed by atoms with Gasteiger partial charge < -0.3 is 10.8 Å². The predicted octanol–water partition coefficient (Wildman–Crippen LogP) is -0.986. The van der Waals surface area contributed by atoms with Crippen molar-refractivity contribution in [3.8, 4) is 0 Å². The minimum Gasteiger partial charge on any atom is -0.480 e. The van der Waals surface area contributed by atoms with Crippen LogP contribution in [0.5, 0.6) is 0 Å². The van der Waals surface area contributed by atoms with E-state index in [9.17, 15) is 4.79 Å². The number of rotatable bonds is 5. The monoisotopic (exact) mass is 250 g/mol. The molecule has 0 fully saturated rings. The summed E-state index contributed by atoms with van der Waals surface area (Å²) in [7, 11) is 1.84. The molecule has 2 aromatic heterocycles. The van der Waals surface area contributed by atoms with Crippen LogP contribution in [-0.4, -0.2) is 41.9 Å². The summed E-state index contributed by atoms with van der Waals surface area (Å²) in [4.78, 5) is 10.6. The van der Waals surface area contributed by atoms with Crippen molar-refractivity contribution in [1.29, 1.82) is 0 Å². The van der Waals surface area contributed by atoms with Gasteiger partial charge >= 0.3 is 5.97 Å². The van der Waals surface area contributed by atoms with E-state index in [1.807, 2.05) is 13.2 Å². The van der Waals surface area contributed by atoms with Gasteiger partial charge in [0.2, 0.25) is 0 Å². The number of nitrogens with zero attached hydrogens (tertiary/aromatic N) is 5. The first kappa shape index (κ1) is 12.2. The smallest absolute Gasteiger partial charge is 0.320 e. The van der Waals surface area contributed by atoms with E-state index >= 15 is 0 Å². The molecule has 0 amide bonds. The summed E-state index contributed by atoms with van der Waals surface area (Å²) in [5.41, 5.74) is 6.98. The fraction of sp³-hybridized carbons (Fsp3) is 0.400. The number of carboxylic acid groups (broad SMARTS) is 1. The van der Waals surface area contributed by atoms with E-state index in [4.69, 9.17) is 10.8 Å². The summed E-state index contributed by atoms with van der Waals surface area (Å²) in [5, 5.41) is 20.5. The zero-order chi connectivity index (χ0) is 13.1. The Kier molecular flexibility index (Phi) is 3.38. The maximum Gasteiger partial charge on any atom is 0.320 e. The molecule has 3 N–H and O–H groups in total. The van der Waals surface area contributed by atoms with Gasteiger partial charge in [-0.1, -0.05) is 5.21 Å². The third-order valence-electron chi connectivity index (χ3n) is 2.44. The second-order valence-corrected chi connectivity index (χ2v) is 4.08. The molecule has 0 radical (unpaired) electrons. The summed E-state index contributed by atoms with van der Waals surface area (Å²) in [6.45, 7) is 0.545. The number of aromatic nitrogens is 5. The van der Waals surface area contributed by atoms with Crippen molar-refractivity contribution in [2.45, 2.75) is 19.0 Å². The summed E-state index contributed by atoms with van der Waals surface area (Å²) in [6.07, 6.45) is 5.48. The summed E-state index contributed by atoms with van der Waals surface area (Å²) in [5.74, 6) is -1.04. The standard InChI is InChI=1S/C10H14N6O2/c1-15-4-7(3-12-15)5-16-6-8(13-14-16)2-9(11)10(17)18/h3-4,6,9H,2,5,11H2,1H3,(H,17,18). The Morgan fingerprint density at radius 3 is 2.94 bits per heavy atom. The van der Waals surface area contributed by atoms with Crippen LogP contribution in [0.4, 0.5) is 0 Å². The number of aryl methyl sites for hydroxylation is 1. The molecule has 18 heavy (non-hydrogen) atoms. The van der Waals surface area contributed by atoms with Crippen molar-refractivity contribution in [2.24, 2.45) is 12.8 Å². The van der Waals surface area contributed by atoms with Gasteiger partial charge in [0.05, 0.1) is 18.4 Å². The van der Waals surface area contributed by atoms with E-state index in [1.165, 1.54) is 0 Å². The lowest BCUT2D eigenvalue weighted by molar-refractivity contribution is -0.138. The number of hydrogen-bond donors (Lipinski definition) is 2. The van der Waals surface area contributed by atoms with Gasteiger partial charge in [-0.15, -0.1) is 5.10 Å². The second kappa shape index (κ2) is 4.96. The average molecular weight is 250 g/mol. The Hall–Kier alpha value is -2.22. The largest absolute Gasteiger partial charge is 0.480 e. The van der Waals surface area contributed by atoms with Crippen LogP contribution in [0, 0.1) is 0 Å². The Balaban J connectivity index is 2.00. The Labute approximate surface area is 103 Å². The van der Waals surface area contributed by atoms with Crippen molar-refractivity contribution in [3.05, 3.63) is 29.8 Å². The maximum absolute atomic E-state index is 10.6. The third-order valence-corrected chi connectivity index (χ3v) is 2.44. The first-order chi connectivity index (χ1) is 8.54. The number of carboxylic acids is 1. The van der Waals surface area contributed by atoms with Crippen LogP contribution >= 0.6 is 0 Å². The molecule has 2 heterocycles. The normalized spacial score (nSPS) is 12.6. The molecule has 2 rings (SSSR count). The van der Waals surface area contributed by atoms with Crippen molar-refractivity contribution < 1.29 is 9.90 Å². The van der Waals surface area contributed by atoms with Crippen LogP contribution in [0.25, 0.3) is 0 Å². The molecule has 2 aromatic rings. The molecular formula is C10H14N6O2. The predicted molar refractivity (Wildman–Crippen MR) is 61.6 cm³/mol. The second-order valence-electron chi connectivity index (χ2n) is 4.08. The minimum absolute atomic E-state index is 0.169. The highest BCUT2D eigenvalue weighted by Crippen LogP contribution is 2.02. The molecule has 0 saturated heterocycles. The van der Waals surface area contributed by atoms with Crippen LogP contribution in [0.2, 0.25) is 0 Å². The van der Waals surface area contributed by atoms with Gasteiger partial charge in [-0.3, -0.25) is 9.48 Å². The topological polar surface area (TPSA) is 112 Å². The Bertz CT molecular complexity index is 546. The first-order valence-electron chi connectivity index (χ1n) is 5.39. The van der Waals surface area contributed by atoms with Crippen LogP contribution in [-0.2, 0) is 24.8 Å². The van der Waals surface area contributed by atoms with Gasteiger partial charge in [0.15, 0.2) is 0 Å². The van der Waals surface area contributed by atoms with E-state index in [0.29, 0.717) is 12.2 Å². The SMILES string of the molecule is Cn1cc(Cn2cc(CC(N)C(=O)O)nn2)cn1. The molecule has 0 aliphatic carbocycles. The van der Waals surface area contributed by atoms with E-state index in [1.54, 1.807) is 21.8 Å². The maximum atomic E-state index is 10.6. The van der Waals surface area contributed by atoms with Gasteiger partial charge in [0.25, 0.3) is 0 Å². The van der Waals surface area contributed by atoms with Gasteiger partial charge in [-0.2, -0.15) is 5.10 Å². The van der Waals surface area contributed by atoms with Gasteiger partial charge in [0.1, 0.15) is 6.04 Å². The zero-order valence-electron chi connectivity index (χ0n) is 9.89. The highest BCUT2D eigenvalue weighted by Gasteiger charge is 2.14. The quantitative estimate of drug-likeness (QED) is 0.705. The van der Waals surface area contributed by atoms with Crippen molar-refractivity contribution in [3.63, 3.8) is 0 Å². The lowest BCUT2D eigenvalue weighted by Crippen LogP contribution is -2.32. The van der Waals surface area contributed by atoms with E-state index < -0.39 is 12.0 Å². The lowest BCUT2D eigenvalue weighted by Gasteiger charge is -2.01. The molecule has 0 spiro atoms. The average Bonchev–Trinajstić information content (AvgIpc) is 2.89. The highest BCUT2D eigenvalue weighted by molar-refractivity contribution is 5.73. The van der Waals surface area contributed by atoms with Crippen LogP contribution in [0.3, 0.4) is 0 Å². The number of aliphatic carboxylic acids is 1. The lowest BCUT2D eigenvalue weighted by atomic mass is 10.2. The fourth-order valence-corrected chi connectivity index (χ4v) is 1.56. The number of carbonyl (C=O) groups is 1. The third kappa shape index (κ3) is 2.92. The van der Waals surface area contributed by atoms with Crippen LogP contribution in [0.1, 0.15) is 11.3 Å². The molecule has 0 aliphatic heterocycles. The number of nitrogens with two attached hydrogens (primary N) is 1. The van der Waals surface area contributed by atoms with Crippen molar-refractivity contribution >= 4 is 5.97 Å². The Morgan fingerprint density at radius 2 is 2.33 bits per heavy atom. The van der Waals surface area contributed by atoms with Crippen LogP contribution < -0.4 is 5.73 Å². The fourth-order valence-electron chi connectivity index (χ4n) is 1.56. The minimum atomic E-state index is -1.04. The first-order valence-corrected chi connectivity index (χ1v) is 5.39. The van der Waals surface area contributed by atoms with E-state index in [0.717, 1.165) is 5.56 Å². The zero-order valence-corrected chi connectivity index (χ0v) is 9.89. The molecule has 0 aromatic carbocycles. The van der Waals surface area contributed by atoms with Gasteiger partial charge in [-0.25, -0.2) is 4.68 Å². The molecule has 8 heteroatoms. The molecule has 8 nitrogen and oxygen atoms in total. The summed E-state index contributed by atoms with van der Waals surface area (Å²) in [6, 6.07) is -0.950. The van der Waals surface area contributed by atoms with E-state index in [-0.39, 0.29) is 6.42 Å². The van der Waals surface area contributed by atoms with Crippen molar-refractivity contribution in [1.82, 2.24) is 24.8 Å². The highest BCUT2D eigenvalue weighted by atomic mass is 16.4. The Morgan fingerprint density at radius 1 is 1.56 bits per heavy atom. The molecular weight excluding hydrogens is 236 g/mol. The van der Waals surface area contributed by atoms with E-state index in [2.05, 4.69) is 15.4 Å². The molecule has 1 unspecified atom stereocenters. The molecule has 0 bridgehead atoms.